The Bertz CT molecular complexity index is 588. The van der Waals surface area contributed by atoms with Crippen LogP contribution in [0.5, 0.6) is 0 Å². The Balaban J connectivity index is 2.14. The van der Waals surface area contributed by atoms with Gasteiger partial charge in [0.2, 0.25) is 11.7 Å². The van der Waals surface area contributed by atoms with Crippen LogP contribution in [0.15, 0.2) is 18.2 Å². The van der Waals surface area contributed by atoms with Gasteiger partial charge in [-0.1, -0.05) is 6.07 Å². The molecule has 1 fully saturated rings. The highest BCUT2D eigenvalue weighted by atomic mass is 19.4. The lowest BCUT2D eigenvalue weighted by Crippen LogP contribution is -2.38. The molecular formula is C12H10F4N2O3. The third kappa shape index (κ3) is 3.29. The Kier molecular flexibility index (Phi) is 3.84. The maximum Gasteiger partial charge on any atom is 0.408 e. The summed E-state index contributed by atoms with van der Waals surface area (Å²) in [4.78, 5) is 21.2. The number of hydrogen-bond donors (Lipinski definition) is 1. The average Bonchev–Trinajstić information content (AvgIpc) is 2.73. The number of nitrogens with zero attached hydrogens (tertiary/aromatic N) is 1. The summed E-state index contributed by atoms with van der Waals surface area (Å²) in [6.07, 6.45) is -5.08. The third-order valence-corrected chi connectivity index (χ3v) is 3.29. The van der Waals surface area contributed by atoms with Crippen molar-refractivity contribution in [3.8, 4) is 0 Å². The Morgan fingerprint density at radius 2 is 2.05 bits per heavy atom. The molecule has 1 N–H and O–H groups in total. The molecule has 2 rings (SSSR count). The first-order valence-corrected chi connectivity index (χ1v) is 5.98. The molecule has 1 aromatic rings. The number of hydrogen-bond acceptors (Lipinski definition) is 3. The van der Waals surface area contributed by atoms with Crippen LogP contribution in [0.25, 0.3) is 0 Å². The molecule has 1 aromatic carbocycles. The summed E-state index contributed by atoms with van der Waals surface area (Å²) in [6.45, 7) is 0. The van der Waals surface area contributed by atoms with E-state index in [-0.39, 0.29) is 12.0 Å². The standard InChI is InChI=1S/C12H10F4N2O3/c13-8-2-1-6(4-9(8)18(20)21)3-7-5-10(12(14,15)16)17-11(7)19/h1-2,4,7,10H,3,5H2,(H,17,19). The highest BCUT2D eigenvalue weighted by Crippen LogP contribution is 2.31. The van der Waals surface area contributed by atoms with Crippen LogP contribution in [0.2, 0.25) is 0 Å². The molecule has 5 nitrogen and oxygen atoms in total. The van der Waals surface area contributed by atoms with Gasteiger partial charge in [0.1, 0.15) is 6.04 Å². The Morgan fingerprint density at radius 3 is 2.57 bits per heavy atom. The first-order valence-electron chi connectivity index (χ1n) is 5.98. The molecule has 1 aliphatic heterocycles. The van der Waals surface area contributed by atoms with Crippen molar-refractivity contribution in [2.45, 2.75) is 25.1 Å². The maximum absolute atomic E-state index is 13.2. The van der Waals surface area contributed by atoms with Crippen LogP contribution in [0.3, 0.4) is 0 Å². The van der Waals surface area contributed by atoms with Crippen LogP contribution < -0.4 is 5.32 Å². The average molecular weight is 306 g/mol. The first-order chi connectivity index (χ1) is 9.68. The van der Waals surface area contributed by atoms with Gasteiger partial charge in [0.25, 0.3) is 0 Å². The lowest BCUT2D eigenvalue weighted by atomic mass is 9.95. The number of amides is 1. The van der Waals surface area contributed by atoms with E-state index in [2.05, 4.69) is 0 Å². The van der Waals surface area contributed by atoms with Crippen LogP contribution in [0, 0.1) is 21.8 Å². The van der Waals surface area contributed by atoms with E-state index in [1.165, 1.54) is 6.07 Å². The monoisotopic (exact) mass is 306 g/mol. The van der Waals surface area contributed by atoms with Crippen molar-refractivity contribution in [2.24, 2.45) is 5.92 Å². The highest BCUT2D eigenvalue weighted by Gasteiger charge is 2.47. The van der Waals surface area contributed by atoms with Crippen molar-refractivity contribution >= 4 is 11.6 Å². The number of nitro groups is 1. The molecule has 1 heterocycles. The second-order valence-corrected chi connectivity index (χ2v) is 4.78. The summed E-state index contributed by atoms with van der Waals surface area (Å²) < 4.78 is 50.7. The minimum atomic E-state index is -4.53. The highest BCUT2D eigenvalue weighted by molar-refractivity contribution is 5.81. The predicted molar refractivity (Wildman–Crippen MR) is 62.9 cm³/mol. The maximum atomic E-state index is 13.2. The van der Waals surface area contributed by atoms with Gasteiger partial charge in [-0.15, -0.1) is 0 Å². The van der Waals surface area contributed by atoms with Gasteiger partial charge in [-0.2, -0.15) is 17.6 Å². The van der Waals surface area contributed by atoms with E-state index < -0.39 is 46.9 Å². The molecule has 0 aliphatic carbocycles. The Morgan fingerprint density at radius 1 is 1.38 bits per heavy atom. The number of carbonyl (C=O) groups excluding carboxylic acids is 1. The molecule has 2 atom stereocenters. The van der Waals surface area contributed by atoms with Gasteiger partial charge in [-0.25, -0.2) is 0 Å². The summed E-state index contributed by atoms with van der Waals surface area (Å²) in [7, 11) is 0. The molecule has 1 aliphatic rings. The molecule has 114 valence electrons. The lowest BCUT2D eigenvalue weighted by molar-refractivity contribution is -0.387. The number of rotatable bonds is 3. The largest absolute Gasteiger partial charge is 0.408 e. The quantitative estimate of drug-likeness (QED) is 0.529. The molecule has 1 saturated heterocycles. The number of benzene rings is 1. The number of carbonyl (C=O) groups is 1. The van der Waals surface area contributed by atoms with E-state index in [9.17, 15) is 32.5 Å². The van der Waals surface area contributed by atoms with Crippen molar-refractivity contribution in [2.75, 3.05) is 0 Å². The van der Waals surface area contributed by atoms with Gasteiger partial charge in [-0.05, 0) is 24.5 Å². The summed E-state index contributed by atoms with van der Waals surface area (Å²) in [5.41, 5.74) is -0.524. The molecule has 0 radical (unpaired) electrons. The van der Waals surface area contributed by atoms with Crippen LogP contribution in [0.4, 0.5) is 23.2 Å². The topological polar surface area (TPSA) is 72.2 Å². The molecule has 2 unspecified atom stereocenters. The normalized spacial score (nSPS) is 22.2. The lowest BCUT2D eigenvalue weighted by Gasteiger charge is -2.13. The van der Waals surface area contributed by atoms with Gasteiger partial charge in [0, 0.05) is 12.0 Å². The molecule has 9 heteroatoms. The fourth-order valence-corrected chi connectivity index (χ4v) is 2.24. The second kappa shape index (κ2) is 5.30. The smallest absolute Gasteiger partial charge is 0.344 e. The van der Waals surface area contributed by atoms with Gasteiger partial charge in [0.05, 0.1) is 4.92 Å². The molecule has 0 spiro atoms. The molecular weight excluding hydrogens is 296 g/mol. The van der Waals surface area contributed by atoms with Gasteiger partial charge < -0.3 is 5.32 Å². The van der Waals surface area contributed by atoms with Gasteiger partial charge in [0.15, 0.2) is 0 Å². The van der Waals surface area contributed by atoms with Crippen molar-refractivity contribution in [3.05, 3.63) is 39.7 Å². The third-order valence-electron chi connectivity index (χ3n) is 3.29. The molecule has 1 amide bonds. The zero-order valence-corrected chi connectivity index (χ0v) is 10.5. The number of nitrogens with one attached hydrogen (secondary N) is 1. The fraction of sp³-hybridized carbons (Fsp3) is 0.417. The number of alkyl halides is 3. The van der Waals surface area contributed by atoms with Crippen LogP contribution >= 0.6 is 0 Å². The fourth-order valence-electron chi connectivity index (χ4n) is 2.24. The van der Waals surface area contributed by atoms with Crippen LogP contribution in [-0.2, 0) is 11.2 Å². The van der Waals surface area contributed by atoms with Crippen molar-refractivity contribution < 1.29 is 27.3 Å². The SMILES string of the molecule is O=C1NC(C(F)(F)F)CC1Cc1ccc(F)c([N+](=O)[O-])c1. The van der Waals surface area contributed by atoms with E-state index in [1.54, 1.807) is 0 Å². The van der Waals surface area contributed by atoms with Gasteiger partial charge in [-0.3, -0.25) is 14.9 Å². The number of nitro benzene ring substituents is 1. The molecule has 21 heavy (non-hydrogen) atoms. The summed E-state index contributed by atoms with van der Waals surface area (Å²) in [5.74, 6) is -2.74. The zero-order valence-electron chi connectivity index (χ0n) is 10.5. The van der Waals surface area contributed by atoms with Crippen LogP contribution in [0.1, 0.15) is 12.0 Å². The minimum absolute atomic E-state index is 0.112. The number of halogens is 4. The molecule has 0 bridgehead atoms. The van der Waals surface area contributed by atoms with E-state index in [4.69, 9.17) is 0 Å². The second-order valence-electron chi connectivity index (χ2n) is 4.78. The van der Waals surface area contributed by atoms with Crippen molar-refractivity contribution in [1.29, 1.82) is 0 Å². The van der Waals surface area contributed by atoms with E-state index in [1.807, 2.05) is 5.32 Å². The first kappa shape index (κ1) is 15.2. The van der Waals surface area contributed by atoms with Crippen LogP contribution in [-0.4, -0.2) is 23.0 Å². The predicted octanol–water partition coefficient (Wildman–Crippen LogP) is 2.34. The van der Waals surface area contributed by atoms with E-state index >= 15 is 0 Å². The Hall–Kier alpha value is -2.19. The summed E-state index contributed by atoms with van der Waals surface area (Å²) >= 11 is 0. The summed E-state index contributed by atoms with van der Waals surface area (Å²) in [5, 5.41) is 12.4. The molecule has 0 saturated carbocycles. The van der Waals surface area contributed by atoms with Crippen molar-refractivity contribution in [1.82, 2.24) is 5.32 Å². The summed E-state index contributed by atoms with van der Waals surface area (Å²) in [6, 6.07) is 1.10. The minimum Gasteiger partial charge on any atom is -0.344 e. The zero-order chi connectivity index (χ0) is 15.8. The van der Waals surface area contributed by atoms with Crippen molar-refractivity contribution in [3.63, 3.8) is 0 Å². The van der Waals surface area contributed by atoms with E-state index in [0.717, 1.165) is 12.1 Å². The van der Waals surface area contributed by atoms with Gasteiger partial charge >= 0.3 is 11.9 Å². The van der Waals surface area contributed by atoms with E-state index in [0.29, 0.717) is 0 Å². The Labute approximate surface area is 116 Å². The molecule has 0 aromatic heterocycles.